The Labute approximate surface area is 221 Å². The van der Waals surface area contributed by atoms with Gasteiger partial charge in [-0.2, -0.15) is 4.31 Å². The molecule has 0 radical (unpaired) electrons. The molecule has 0 aromatic carbocycles. The van der Waals surface area contributed by atoms with Crippen LogP contribution in [0, 0.1) is 5.92 Å². The van der Waals surface area contributed by atoms with Crippen LogP contribution < -0.4 is 5.73 Å². The smallest absolute Gasteiger partial charge is 0.410 e. The second-order valence-electron chi connectivity index (χ2n) is 11.4. The van der Waals surface area contributed by atoms with Crippen molar-refractivity contribution in [3.8, 4) is 0 Å². The molecule has 3 fully saturated rings. The minimum absolute atomic E-state index is 0.0336. The number of sulfonamides is 1. The third-order valence-electron chi connectivity index (χ3n) is 7.23. The topological polar surface area (TPSA) is 135 Å². The van der Waals surface area contributed by atoms with E-state index in [1.807, 2.05) is 20.8 Å². The maximum Gasteiger partial charge on any atom is 0.410 e. The Hall–Kier alpha value is -1.92. The Balaban J connectivity index is 1.44. The molecule has 1 amide bonds. The van der Waals surface area contributed by atoms with Crippen LogP contribution in [0.25, 0.3) is 0 Å². The lowest BCUT2D eigenvalue weighted by Crippen LogP contribution is -2.51. The predicted molar refractivity (Wildman–Crippen MR) is 141 cm³/mol. The normalized spacial score (nSPS) is 23.6. The van der Waals surface area contributed by atoms with Gasteiger partial charge in [-0.05, 0) is 52.4 Å². The van der Waals surface area contributed by atoms with Crippen LogP contribution in [0.5, 0.6) is 0 Å². The highest BCUT2D eigenvalue weighted by Gasteiger charge is 2.36. The van der Waals surface area contributed by atoms with Gasteiger partial charge in [-0.15, -0.1) is 0 Å². The third kappa shape index (κ3) is 9.40. The number of amidine groups is 1. The van der Waals surface area contributed by atoms with Gasteiger partial charge < -0.3 is 20.2 Å². The molecular weight excluding hydrogens is 498 g/mol. The maximum absolute atomic E-state index is 13.2. The number of rotatable bonds is 8. The molecule has 3 aliphatic rings. The van der Waals surface area contributed by atoms with Crippen molar-refractivity contribution in [2.75, 3.05) is 45.0 Å². The quantitative estimate of drug-likeness (QED) is 0.214. The summed E-state index contributed by atoms with van der Waals surface area (Å²) in [5.41, 5.74) is 5.62. The minimum atomic E-state index is -3.47. The molecule has 2 aliphatic heterocycles. The highest BCUT2D eigenvalue weighted by Crippen LogP contribution is 2.28. The number of carbonyl (C=O) groups is 2. The first-order valence-electron chi connectivity index (χ1n) is 13.7. The standard InChI is InChI=1S/C25H45N5O6S/c1-25(2,3)35-24(32)29-17-15-28(16-18-29)14-12-22(31)36-27-23(26)21-11-7-8-13-30(21)37(33,34)19-20-9-5-4-6-10-20/h20-21H,4-19H2,1-3H3,(H2,26,27)/t21-/m0/s1. The van der Waals surface area contributed by atoms with E-state index in [-0.39, 0.29) is 30.0 Å². The van der Waals surface area contributed by atoms with E-state index < -0.39 is 27.6 Å². The lowest BCUT2D eigenvalue weighted by molar-refractivity contribution is -0.144. The van der Waals surface area contributed by atoms with E-state index in [1.165, 1.54) is 10.7 Å². The zero-order valence-electron chi connectivity index (χ0n) is 22.7. The van der Waals surface area contributed by atoms with Crippen molar-refractivity contribution in [3.63, 3.8) is 0 Å². The lowest BCUT2D eigenvalue weighted by Gasteiger charge is -2.35. The molecule has 0 unspecified atom stereocenters. The minimum Gasteiger partial charge on any atom is -0.444 e. The molecular formula is C25H45N5O6S. The summed E-state index contributed by atoms with van der Waals surface area (Å²) in [6.07, 6.45) is 7.25. The van der Waals surface area contributed by atoms with E-state index in [0.717, 1.165) is 38.5 Å². The average molecular weight is 544 g/mol. The Morgan fingerprint density at radius 1 is 0.946 bits per heavy atom. The lowest BCUT2D eigenvalue weighted by atomic mass is 9.91. The van der Waals surface area contributed by atoms with Crippen molar-refractivity contribution in [2.24, 2.45) is 16.8 Å². The molecule has 2 saturated heterocycles. The third-order valence-corrected chi connectivity index (χ3v) is 9.28. The molecule has 0 spiro atoms. The van der Waals surface area contributed by atoms with Crippen molar-refractivity contribution in [2.45, 2.75) is 90.2 Å². The summed E-state index contributed by atoms with van der Waals surface area (Å²) < 4.78 is 33.3. The summed E-state index contributed by atoms with van der Waals surface area (Å²) in [5, 5.41) is 3.84. The summed E-state index contributed by atoms with van der Waals surface area (Å²) in [6.45, 7) is 8.73. The van der Waals surface area contributed by atoms with Crippen LogP contribution in [0.1, 0.15) is 78.6 Å². The van der Waals surface area contributed by atoms with Gasteiger partial charge in [0.2, 0.25) is 10.0 Å². The molecule has 0 aromatic rings. The molecule has 1 saturated carbocycles. The van der Waals surface area contributed by atoms with Crippen LogP contribution >= 0.6 is 0 Å². The number of nitrogens with two attached hydrogens (primary N) is 1. The van der Waals surface area contributed by atoms with Crippen LogP contribution in [0.4, 0.5) is 4.79 Å². The fraction of sp³-hybridized carbons (Fsp3) is 0.880. The average Bonchev–Trinajstić information content (AvgIpc) is 2.85. The number of hydrogen-bond acceptors (Lipinski definition) is 8. The highest BCUT2D eigenvalue weighted by molar-refractivity contribution is 7.89. The van der Waals surface area contributed by atoms with Crippen molar-refractivity contribution in [3.05, 3.63) is 0 Å². The molecule has 0 aromatic heterocycles. The van der Waals surface area contributed by atoms with Crippen LogP contribution in [-0.4, -0.2) is 97.1 Å². The van der Waals surface area contributed by atoms with Crippen LogP contribution in [-0.2, 0) is 24.4 Å². The Bertz CT molecular complexity index is 905. The van der Waals surface area contributed by atoms with E-state index in [9.17, 15) is 18.0 Å². The van der Waals surface area contributed by atoms with Gasteiger partial charge in [0.1, 0.15) is 5.60 Å². The van der Waals surface area contributed by atoms with E-state index in [1.54, 1.807) is 4.90 Å². The number of ether oxygens (including phenoxy) is 1. The summed E-state index contributed by atoms with van der Waals surface area (Å²) in [6, 6.07) is -0.573. The number of amides is 1. The Morgan fingerprint density at radius 3 is 2.24 bits per heavy atom. The fourth-order valence-corrected chi connectivity index (χ4v) is 7.35. The number of oxime groups is 1. The summed E-state index contributed by atoms with van der Waals surface area (Å²) in [4.78, 5) is 33.3. The molecule has 212 valence electrons. The predicted octanol–water partition coefficient (Wildman–Crippen LogP) is 2.51. The van der Waals surface area contributed by atoms with Crippen molar-refractivity contribution < 1.29 is 27.6 Å². The van der Waals surface area contributed by atoms with Gasteiger partial charge in [0.15, 0.2) is 5.84 Å². The van der Waals surface area contributed by atoms with Crippen LogP contribution in [0.2, 0.25) is 0 Å². The molecule has 37 heavy (non-hydrogen) atoms. The molecule has 1 atom stereocenters. The van der Waals surface area contributed by atoms with Gasteiger partial charge in [0.05, 0.1) is 18.2 Å². The number of piperazine rings is 1. The van der Waals surface area contributed by atoms with Gasteiger partial charge in [-0.1, -0.05) is 30.8 Å². The Kier molecular flexibility index (Phi) is 10.6. The van der Waals surface area contributed by atoms with Crippen molar-refractivity contribution in [1.29, 1.82) is 0 Å². The van der Waals surface area contributed by atoms with Gasteiger partial charge in [0.25, 0.3) is 0 Å². The van der Waals surface area contributed by atoms with Crippen molar-refractivity contribution in [1.82, 2.24) is 14.1 Å². The van der Waals surface area contributed by atoms with Crippen LogP contribution in [0.15, 0.2) is 5.16 Å². The number of piperidine rings is 1. The van der Waals surface area contributed by atoms with E-state index >= 15 is 0 Å². The molecule has 2 heterocycles. The first-order chi connectivity index (χ1) is 17.4. The largest absolute Gasteiger partial charge is 0.444 e. The second kappa shape index (κ2) is 13.2. The number of hydrogen-bond donors (Lipinski definition) is 1. The van der Waals surface area contributed by atoms with Gasteiger partial charge in [-0.3, -0.25) is 4.90 Å². The summed E-state index contributed by atoms with van der Waals surface area (Å²) in [7, 11) is -3.47. The summed E-state index contributed by atoms with van der Waals surface area (Å²) in [5.74, 6) is -0.142. The molecule has 12 heteroatoms. The first-order valence-corrected chi connectivity index (χ1v) is 15.3. The maximum atomic E-state index is 13.2. The van der Waals surface area contributed by atoms with Gasteiger partial charge >= 0.3 is 12.1 Å². The highest BCUT2D eigenvalue weighted by atomic mass is 32.2. The molecule has 3 rings (SSSR count). The molecule has 2 N–H and O–H groups in total. The monoisotopic (exact) mass is 543 g/mol. The van der Waals surface area contributed by atoms with Gasteiger partial charge in [0, 0.05) is 39.3 Å². The van der Waals surface area contributed by atoms with Crippen molar-refractivity contribution >= 4 is 27.9 Å². The van der Waals surface area contributed by atoms with E-state index in [0.29, 0.717) is 45.7 Å². The first kappa shape index (κ1) is 29.6. The number of nitrogens with zero attached hydrogens (tertiary/aromatic N) is 4. The second-order valence-corrected chi connectivity index (χ2v) is 13.4. The van der Waals surface area contributed by atoms with E-state index in [2.05, 4.69) is 10.1 Å². The zero-order chi connectivity index (χ0) is 27.1. The van der Waals surface area contributed by atoms with E-state index in [4.69, 9.17) is 15.3 Å². The molecule has 0 bridgehead atoms. The zero-order valence-corrected chi connectivity index (χ0v) is 23.5. The molecule has 1 aliphatic carbocycles. The summed E-state index contributed by atoms with van der Waals surface area (Å²) >= 11 is 0. The van der Waals surface area contributed by atoms with Gasteiger partial charge in [-0.25, -0.2) is 18.0 Å². The SMILES string of the molecule is CC(C)(C)OC(=O)N1CCN(CCC(=O)O/N=C(/N)[C@@H]2CCCCN2S(=O)(=O)CC2CCCCC2)CC1. The fourth-order valence-electron chi connectivity index (χ4n) is 5.22. The van der Waals surface area contributed by atoms with Crippen LogP contribution in [0.3, 0.4) is 0 Å². The Morgan fingerprint density at radius 2 is 1.59 bits per heavy atom. The number of carbonyl (C=O) groups excluding carboxylic acids is 2. The molecule has 11 nitrogen and oxygen atoms in total.